The maximum Gasteiger partial charge on any atom is 0.416 e. The van der Waals surface area contributed by atoms with Crippen LogP contribution < -0.4 is 5.32 Å². The van der Waals surface area contributed by atoms with E-state index in [2.05, 4.69) is 21.2 Å². The van der Waals surface area contributed by atoms with Gasteiger partial charge in [0.2, 0.25) is 0 Å². The van der Waals surface area contributed by atoms with Gasteiger partial charge in [0.15, 0.2) is 0 Å². The third kappa shape index (κ3) is 4.70. The Morgan fingerprint density at radius 3 is 2.50 bits per heavy atom. The number of nitrogens with one attached hydrogen (secondary N) is 1. The lowest BCUT2D eigenvalue weighted by molar-refractivity contribution is -0.139. The number of hydrogen-bond donors (Lipinski definition) is 1. The Kier molecular flexibility index (Phi) is 5.44. The molecule has 0 aromatic heterocycles. The van der Waals surface area contributed by atoms with Crippen molar-refractivity contribution in [1.29, 1.82) is 0 Å². The first-order valence-corrected chi connectivity index (χ1v) is 6.93. The van der Waals surface area contributed by atoms with E-state index in [9.17, 15) is 18.0 Å². The summed E-state index contributed by atoms with van der Waals surface area (Å²) in [6.45, 7) is 3.84. The van der Waals surface area contributed by atoms with E-state index in [1.807, 2.05) is 0 Å². The van der Waals surface area contributed by atoms with E-state index in [4.69, 9.17) is 4.74 Å². The predicted molar refractivity (Wildman–Crippen MR) is 73.8 cm³/mol. The molecule has 0 bridgehead atoms. The Bertz CT molecular complexity index is 475. The molecule has 20 heavy (non-hydrogen) atoms. The molecule has 0 heterocycles. The van der Waals surface area contributed by atoms with Gasteiger partial charge in [0.1, 0.15) is 5.60 Å². The minimum absolute atomic E-state index is 0.127. The summed E-state index contributed by atoms with van der Waals surface area (Å²) in [5, 5.41) is 2.96. The number of benzene rings is 1. The summed E-state index contributed by atoms with van der Waals surface area (Å²) in [7, 11) is 0. The quantitative estimate of drug-likeness (QED) is 0.621. The van der Waals surface area contributed by atoms with Gasteiger partial charge < -0.3 is 10.1 Å². The first kappa shape index (κ1) is 16.8. The van der Waals surface area contributed by atoms with Crippen molar-refractivity contribution in [3.8, 4) is 0 Å². The fourth-order valence-corrected chi connectivity index (χ4v) is 2.04. The zero-order valence-corrected chi connectivity index (χ0v) is 12.6. The molecule has 7 heteroatoms. The molecule has 3 nitrogen and oxygen atoms in total. The summed E-state index contributed by atoms with van der Waals surface area (Å²) < 4.78 is 43.5. The van der Waals surface area contributed by atoms with Gasteiger partial charge >= 0.3 is 6.18 Å². The molecule has 1 rings (SSSR count). The number of ether oxygens (including phenoxy) is 1. The fraction of sp³-hybridized carbons (Fsp3) is 0.462. The topological polar surface area (TPSA) is 38.3 Å². The van der Waals surface area contributed by atoms with Crippen LogP contribution in [0.15, 0.2) is 18.2 Å². The number of anilines is 1. The Balaban J connectivity index is 2.90. The molecule has 1 aromatic carbocycles. The average molecular weight is 354 g/mol. The molecule has 1 aromatic rings. The molecule has 0 saturated carbocycles. The number of carbonyl (C=O) groups excluding carboxylic acids is 1. The molecule has 0 unspecified atom stereocenters. The number of rotatable bonds is 6. The maximum absolute atomic E-state index is 12.9. The molecule has 0 spiro atoms. The molecular weight excluding hydrogens is 339 g/mol. The molecule has 0 atom stereocenters. The summed E-state index contributed by atoms with van der Waals surface area (Å²) in [5.74, 6) is 0. The van der Waals surface area contributed by atoms with Crippen LogP contribution in [0.25, 0.3) is 0 Å². The highest BCUT2D eigenvalue weighted by Crippen LogP contribution is 2.34. The van der Waals surface area contributed by atoms with Crippen LogP contribution >= 0.6 is 15.9 Å². The summed E-state index contributed by atoms with van der Waals surface area (Å²) >= 11 is 3.04. The number of halogens is 4. The summed E-state index contributed by atoms with van der Waals surface area (Å²) in [6.07, 6.45) is -4.41. The zero-order valence-electron chi connectivity index (χ0n) is 11.1. The van der Waals surface area contributed by atoms with Crippen LogP contribution in [0.4, 0.5) is 18.9 Å². The smallest absolute Gasteiger partial charge is 0.416 e. The van der Waals surface area contributed by atoms with E-state index in [1.165, 1.54) is 6.07 Å². The van der Waals surface area contributed by atoms with Crippen LogP contribution in [0, 0.1) is 0 Å². The van der Waals surface area contributed by atoms with Gasteiger partial charge in [-0.2, -0.15) is 13.2 Å². The largest absolute Gasteiger partial charge is 0.460 e. The van der Waals surface area contributed by atoms with E-state index in [1.54, 1.807) is 19.9 Å². The number of carbonyl (C=O) groups is 1. The Morgan fingerprint density at radius 2 is 2.00 bits per heavy atom. The van der Waals surface area contributed by atoms with Crippen LogP contribution in [-0.4, -0.2) is 18.6 Å². The highest BCUT2D eigenvalue weighted by molar-refractivity contribution is 9.08. The predicted octanol–water partition coefficient (Wildman–Crippen LogP) is 3.96. The summed E-state index contributed by atoms with van der Waals surface area (Å²) in [6, 6.07) is 4.02. The number of hydrogen-bond acceptors (Lipinski definition) is 3. The molecule has 0 saturated heterocycles. The van der Waals surface area contributed by atoms with Gasteiger partial charge in [0.25, 0.3) is 6.47 Å². The van der Waals surface area contributed by atoms with Crippen molar-refractivity contribution in [2.45, 2.75) is 31.0 Å². The third-order valence-corrected chi connectivity index (χ3v) is 3.25. The van der Waals surface area contributed by atoms with Crippen LogP contribution in [0.1, 0.15) is 25.0 Å². The highest BCUT2D eigenvalue weighted by atomic mass is 79.9. The van der Waals surface area contributed by atoms with Gasteiger partial charge in [-0.25, -0.2) is 0 Å². The second-order valence-electron chi connectivity index (χ2n) is 4.83. The Labute approximate surface area is 123 Å². The second-order valence-corrected chi connectivity index (χ2v) is 5.39. The molecule has 0 aliphatic carbocycles. The molecule has 1 N–H and O–H groups in total. The standard InChI is InChI=1S/C13H15BrF3NO2/c1-12(2,20-8-19)7-18-10-4-3-9(6-14)11(5-10)13(15,16)17/h3-5,8,18H,6-7H2,1-2H3. The molecule has 0 fully saturated rings. The Morgan fingerprint density at radius 1 is 1.35 bits per heavy atom. The maximum atomic E-state index is 12.9. The van der Waals surface area contributed by atoms with Crippen molar-refractivity contribution in [1.82, 2.24) is 0 Å². The SMILES string of the molecule is CC(C)(CNc1ccc(CBr)c(C(F)(F)F)c1)OC=O. The van der Waals surface area contributed by atoms with Crippen LogP contribution in [-0.2, 0) is 21.0 Å². The first-order chi connectivity index (χ1) is 9.19. The third-order valence-electron chi connectivity index (χ3n) is 2.64. The van der Waals surface area contributed by atoms with E-state index < -0.39 is 17.3 Å². The number of alkyl halides is 4. The van der Waals surface area contributed by atoms with Crippen molar-refractivity contribution in [2.24, 2.45) is 0 Å². The minimum atomic E-state index is -4.41. The van der Waals surface area contributed by atoms with Gasteiger partial charge in [-0.05, 0) is 31.5 Å². The summed E-state index contributed by atoms with van der Waals surface area (Å²) in [4.78, 5) is 10.3. The Hall–Kier alpha value is -1.24. The van der Waals surface area contributed by atoms with Crippen LogP contribution in [0.2, 0.25) is 0 Å². The van der Waals surface area contributed by atoms with E-state index in [0.717, 1.165) is 6.07 Å². The molecule has 112 valence electrons. The molecular formula is C13H15BrF3NO2. The van der Waals surface area contributed by atoms with Crippen LogP contribution in [0.3, 0.4) is 0 Å². The first-order valence-electron chi connectivity index (χ1n) is 5.81. The molecule has 0 aliphatic heterocycles. The van der Waals surface area contributed by atoms with Crippen molar-refractivity contribution in [3.05, 3.63) is 29.3 Å². The van der Waals surface area contributed by atoms with Gasteiger partial charge in [-0.1, -0.05) is 22.0 Å². The lowest BCUT2D eigenvalue weighted by Gasteiger charge is -2.24. The normalized spacial score (nSPS) is 12.1. The molecule has 0 amide bonds. The lowest BCUT2D eigenvalue weighted by atomic mass is 10.1. The van der Waals surface area contributed by atoms with E-state index in [-0.39, 0.29) is 17.4 Å². The van der Waals surface area contributed by atoms with Gasteiger partial charge in [0, 0.05) is 11.0 Å². The van der Waals surface area contributed by atoms with Crippen molar-refractivity contribution >= 4 is 28.1 Å². The highest BCUT2D eigenvalue weighted by Gasteiger charge is 2.33. The average Bonchev–Trinajstić information content (AvgIpc) is 2.35. The fourth-order valence-electron chi connectivity index (χ4n) is 1.55. The monoisotopic (exact) mass is 353 g/mol. The second kappa shape index (κ2) is 6.47. The molecule has 0 aliphatic rings. The van der Waals surface area contributed by atoms with Crippen LogP contribution in [0.5, 0.6) is 0 Å². The van der Waals surface area contributed by atoms with Crippen molar-refractivity contribution < 1.29 is 22.7 Å². The van der Waals surface area contributed by atoms with Gasteiger partial charge in [-0.3, -0.25) is 4.79 Å². The van der Waals surface area contributed by atoms with Crippen molar-refractivity contribution in [3.63, 3.8) is 0 Å². The van der Waals surface area contributed by atoms with E-state index >= 15 is 0 Å². The molecule has 0 radical (unpaired) electrons. The lowest BCUT2D eigenvalue weighted by Crippen LogP contribution is -2.33. The zero-order chi connectivity index (χ0) is 15.4. The van der Waals surface area contributed by atoms with Gasteiger partial charge in [0.05, 0.1) is 12.1 Å². The van der Waals surface area contributed by atoms with E-state index in [0.29, 0.717) is 12.2 Å². The van der Waals surface area contributed by atoms with Gasteiger partial charge in [-0.15, -0.1) is 0 Å². The van der Waals surface area contributed by atoms with Crippen molar-refractivity contribution in [2.75, 3.05) is 11.9 Å². The minimum Gasteiger partial charge on any atom is -0.460 e. The summed E-state index contributed by atoms with van der Waals surface area (Å²) in [5.41, 5.74) is -0.988.